The minimum absolute atomic E-state index is 0.162. The van der Waals surface area contributed by atoms with Crippen LogP contribution in [0, 0.1) is 0 Å². The number of rotatable bonds is 7. The van der Waals surface area contributed by atoms with E-state index in [2.05, 4.69) is 10.6 Å². The summed E-state index contributed by atoms with van der Waals surface area (Å²) in [6.45, 7) is 1.82. The maximum atomic E-state index is 11.7. The Kier molecular flexibility index (Phi) is 7.18. The van der Waals surface area contributed by atoms with Crippen molar-refractivity contribution in [3.05, 3.63) is 28.8 Å². The summed E-state index contributed by atoms with van der Waals surface area (Å²) in [7, 11) is 0. The van der Waals surface area contributed by atoms with Crippen LogP contribution in [0.2, 0.25) is 5.02 Å². The molecule has 4 N–H and O–H groups in total. The van der Waals surface area contributed by atoms with E-state index in [0.29, 0.717) is 11.6 Å². The molecule has 0 unspecified atom stereocenters. The Balaban J connectivity index is 2.35. The fourth-order valence-electron chi connectivity index (χ4n) is 1.44. The van der Waals surface area contributed by atoms with Crippen molar-refractivity contribution in [2.45, 2.75) is 13.3 Å². The van der Waals surface area contributed by atoms with E-state index in [-0.39, 0.29) is 23.7 Å². The molecular weight excluding hydrogens is 310 g/mol. The number of carbonyl (C=O) groups excluding carboxylic acids is 3. The third-order valence-corrected chi connectivity index (χ3v) is 2.93. The second-order valence-corrected chi connectivity index (χ2v) is 4.85. The fourth-order valence-corrected chi connectivity index (χ4v) is 1.56. The van der Waals surface area contributed by atoms with Gasteiger partial charge in [0.25, 0.3) is 5.91 Å². The van der Waals surface area contributed by atoms with Gasteiger partial charge in [0.15, 0.2) is 6.61 Å². The maximum absolute atomic E-state index is 11.7. The Morgan fingerprint density at radius 2 is 1.95 bits per heavy atom. The van der Waals surface area contributed by atoms with Crippen LogP contribution < -0.4 is 16.4 Å². The predicted octanol–water partition coefficient (Wildman–Crippen LogP) is 0.721. The van der Waals surface area contributed by atoms with Gasteiger partial charge in [-0.3, -0.25) is 9.59 Å². The first-order chi connectivity index (χ1) is 10.4. The van der Waals surface area contributed by atoms with Crippen LogP contribution >= 0.6 is 11.6 Å². The highest BCUT2D eigenvalue weighted by Crippen LogP contribution is 2.19. The zero-order valence-corrected chi connectivity index (χ0v) is 12.9. The smallest absolute Gasteiger partial charge is 0.338 e. The van der Waals surface area contributed by atoms with Crippen LogP contribution in [0.15, 0.2) is 18.2 Å². The molecule has 0 saturated carbocycles. The van der Waals surface area contributed by atoms with Crippen LogP contribution in [0.5, 0.6) is 0 Å². The van der Waals surface area contributed by atoms with Gasteiger partial charge in [-0.1, -0.05) is 18.5 Å². The van der Waals surface area contributed by atoms with E-state index in [9.17, 15) is 14.4 Å². The number of halogens is 1. The summed E-state index contributed by atoms with van der Waals surface area (Å²) in [5.41, 5.74) is 6.01. The Morgan fingerprint density at radius 3 is 2.59 bits per heavy atom. The number of carbonyl (C=O) groups is 3. The number of nitrogens with one attached hydrogen (secondary N) is 2. The zero-order valence-electron chi connectivity index (χ0n) is 12.1. The monoisotopic (exact) mass is 327 g/mol. The molecule has 0 aliphatic carbocycles. The first-order valence-corrected chi connectivity index (χ1v) is 7.07. The summed E-state index contributed by atoms with van der Waals surface area (Å²) < 4.78 is 4.82. The molecular formula is C14H18ClN3O4. The van der Waals surface area contributed by atoms with E-state index in [4.69, 9.17) is 22.1 Å². The summed E-state index contributed by atoms with van der Waals surface area (Å²) >= 11 is 5.74. The second-order valence-electron chi connectivity index (χ2n) is 4.44. The Hall–Kier alpha value is -2.28. The Bertz CT molecular complexity index is 563. The molecule has 0 aliphatic rings. The molecule has 1 aromatic carbocycles. The van der Waals surface area contributed by atoms with E-state index in [1.165, 1.54) is 18.2 Å². The van der Waals surface area contributed by atoms with Gasteiger partial charge in [-0.2, -0.15) is 0 Å². The third kappa shape index (κ3) is 6.01. The number of ether oxygens (including phenoxy) is 1. The molecule has 1 aromatic rings. The van der Waals surface area contributed by atoms with Crippen molar-refractivity contribution < 1.29 is 19.1 Å². The molecule has 1 rings (SSSR count). The summed E-state index contributed by atoms with van der Waals surface area (Å²) in [4.78, 5) is 34.5. The highest BCUT2D eigenvalue weighted by Gasteiger charge is 2.12. The van der Waals surface area contributed by atoms with Gasteiger partial charge in [0.1, 0.15) is 0 Å². The molecule has 0 aliphatic heterocycles. The lowest BCUT2D eigenvalue weighted by atomic mass is 10.2. The van der Waals surface area contributed by atoms with Gasteiger partial charge in [0.2, 0.25) is 5.91 Å². The van der Waals surface area contributed by atoms with Crippen molar-refractivity contribution in [2.75, 3.05) is 25.4 Å². The van der Waals surface area contributed by atoms with Crippen LogP contribution in [-0.2, 0) is 14.3 Å². The van der Waals surface area contributed by atoms with Gasteiger partial charge in [0, 0.05) is 6.54 Å². The topological polar surface area (TPSA) is 111 Å². The Labute approximate surface area is 133 Å². The number of nitrogen functional groups attached to an aromatic ring is 1. The molecule has 2 amide bonds. The second kappa shape index (κ2) is 8.89. The molecule has 120 valence electrons. The van der Waals surface area contributed by atoms with Crippen LogP contribution in [-0.4, -0.2) is 37.5 Å². The van der Waals surface area contributed by atoms with Crippen molar-refractivity contribution in [3.8, 4) is 0 Å². The van der Waals surface area contributed by atoms with Gasteiger partial charge < -0.3 is 21.1 Å². The molecule has 0 fully saturated rings. The van der Waals surface area contributed by atoms with Crippen molar-refractivity contribution >= 4 is 35.1 Å². The van der Waals surface area contributed by atoms with Gasteiger partial charge in [-0.25, -0.2) is 4.79 Å². The highest BCUT2D eigenvalue weighted by molar-refractivity contribution is 6.33. The summed E-state index contributed by atoms with van der Waals surface area (Å²) in [5, 5.41) is 5.27. The SMILES string of the molecule is CCCNC(=O)CNC(=O)COC(=O)c1ccc(Cl)c(N)c1. The van der Waals surface area contributed by atoms with Crippen molar-refractivity contribution in [2.24, 2.45) is 0 Å². The van der Waals surface area contributed by atoms with E-state index in [1.807, 2.05) is 6.92 Å². The first-order valence-electron chi connectivity index (χ1n) is 6.69. The van der Waals surface area contributed by atoms with E-state index in [1.54, 1.807) is 0 Å². The molecule has 22 heavy (non-hydrogen) atoms. The fraction of sp³-hybridized carbons (Fsp3) is 0.357. The number of anilines is 1. The lowest BCUT2D eigenvalue weighted by Gasteiger charge is -2.07. The molecule has 0 saturated heterocycles. The van der Waals surface area contributed by atoms with E-state index < -0.39 is 18.5 Å². The lowest BCUT2D eigenvalue weighted by Crippen LogP contribution is -2.38. The van der Waals surface area contributed by atoms with Gasteiger partial charge >= 0.3 is 5.97 Å². The molecule has 0 bridgehead atoms. The Morgan fingerprint density at radius 1 is 1.23 bits per heavy atom. The zero-order chi connectivity index (χ0) is 16.5. The summed E-state index contributed by atoms with van der Waals surface area (Å²) in [5.74, 6) is -1.57. The number of benzene rings is 1. The normalized spacial score (nSPS) is 9.91. The van der Waals surface area contributed by atoms with Crippen LogP contribution in [0.1, 0.15) is 23.7 Å². The maximum Gasteiger partial charge on any atom is 0.338 e. The first kappa shape index (κ1) is 17.8. The van der Waals surface area contributed by atoms with E-state index >= 15 is 0 Å². The van der Waals surface area contributed by atoms with Gasteiger partial charge in [-0.05, 0) is 24.6 Å². The number of nitrogens with two attached hydrogens (primary N) is 1. The van der Waals surface area contributed by atoms with E-state index in [0.717, 1.165) is 6.42 Å². The molecule has 8 heteroatoms. The summed E-state index contributed by atoms with van der Waals surface area (Å²) in [6, 6.07) is 4.27. The highest BCUT2D eigenvalue weighted by atomic mass is 35.5. The molecule has 0 radical (unpaired) electrons. The van der Waals surface area contributed by atoms with Gasteiger partial charge in [0.05, 0.1) is 22.8 Å². The lowest BCUT2D eigenvalue weighted by molar-refractivity contribution is -0.127. The molecule has 0 heterocycles. The largest absolute Gasteiger partial charge is 0.452 e. The average molecular weight is 328 g/mol. The number of hydrogen-bond acceptors (Lipinski definition) is 5. The minimum Gasteiger partial charge on any atom is -0.452 e. The van der Waals surface area contributed by atoms with Crippen molar-refractivity contribution in [3.63, 3.8) is 0 Å². The number of hydrogen-bond donors (Lipinski definition) is 3. The van der Waals surface area contributed by atoms with Crippen molar-refractivity contribution in [1.29, 1.82) is 0 Å². The summed E-state index contributed by atoms with van der Waals surface area (Å²) in [6.07, 6.45) is 0.807. The molecule has 0 spiro atoms. The van der Waals surface area contributed by atoms with Gasteiger partial charge in [-0.15, -0.1) is 0 Å². The molecule has 0 aromatic heterocycles. The third-order valence-electron chi connectivity index (χ3n) is 2.58. The average Bonchev–Trinajstić information content (AvgIpc) is 2.51. The number of esters is 1. The quantitative estimate of drug-likeness (QED) is 0.505. The standard InChI is InChI=1S/C14H18ClN3O4/c1-2-5-17-12(19)7-18-13(20)8-22-14(21)9-3-4-10(15)11(16)6-9/h3-4,6H,2,5,7-8,16H2,1H3,(H,17,19)(H,18,20). The minimum atomic E-state index is -0.700. The van der Waals surface area contributed by atoms with Crippen LogP contribution in [0.4, 0.5) is 5.69 Å². The molecule has 0 atom stereocenters. The van der Waals surface area contributed by atoms with Crippen LogP contribution in [0.25, 0.3) is 0 Å². The number of amides is 2. The van der Waals surface area contributed by atoms with Crippen LogP contribution in [0.3, 0.4) is 0 Å². The molecule has 7 nitrogen and oxygen atoms in total. The van der Waals surface area contributed by atoms with Crippen molar-refractivity contribution in [1.82, 2.24) is 10.6 Å². The predicted molar refractivity (Wildman–Crippen MR) is 82.5 cm³/mol.